The van der Waals surface area contributed by atoms with Gasteiger partial charge in [-0.3, -0.25) is 4.99 Å². The Morgan fingerprint density at radius 2 is 2.10 bits per heavy atom. The summed E-state index contributed by atoms with van der Waals surface area (Å²) in [5, 5.41) is 11.7. The van der Waals surface area contributed by atoms with Gasteiger partial charge in [0.15, 0.2) is 5.96 Å². The van der Waals surface area contributed by atoms with E-state index in [9.17, 15) is 0 Å². The summed E-state index contributed by atoms with van der Waals surface area (Å²) in [5.41, 5.74) is 0.987. The number of aromatic nitrogens is 2. The second-order valence-electron chi connectivity index (χ2n) is 8.22. The summed E-state index contributed by atoms with van der Waals surface area (Å²) in [6, 6.07) is 7.75. The molecule has 4 rings (SSSR count). The van der Waals surface area contributed by atoms with Gasteiger partial charge in [-0.2, -0.15) is 4.98 Å². The quantitative estimate of drug-likeness (QED) is 0.554. The van der Waals surface area contributed by atoms with Crippen molar-refractivity contribution in [2.45, 2.75) is 45.8 Å². The highest BCUT2D eigenvalue weighted by Crippen LogP contribution is 2.52. The molecule has 2 fully saturated rings. The molecule has 156 valence electrons. The molecule has 8 heteroatoms. The average molecular weight is 418 g/mol. The van der Waals surface area contributed by atoms with Gasteiger partial charge < -0.3 is 19.9 Å². The topological polar surface area (TPSA) is 84.6 Å². The van der Waals surface area contributed by atoms with Crippen molar-refractivity contribution in [1.82, 2.24) is 20.8 Å². The maximum absolute atomic E-state index is 5.93. The number of aliphatic imine (C=N–C) groups is 1. The Hall–Kier alpha value is -2.12. The smallest absolute Gasteiger partial charge is 0.228 e. The van der Waals surface area contributed by atoms with Crippen LogP contribution in [0.3, 0.4) is 0 Å². The third-order valence-corrected chi connectivity index (χ3v) is 6.15. The van der Waals surface area contributed by atoms with Crippen molar-refractivity contribution >= 4 is 17.6 Å². The molecule has 0 radical (unpaired) electrons. The minimum Gasteiger partial charge on any atom is -0.377 e. The number of hydrogen-bond donors (Lipinski definition) is 2. The Kier molecular flexibility index (Phi) is 5.79. The summed E-state index contributed by atoms with van der Waals surface area (Å²) in [4.78, 5) is 9.17. The first-order chi connectivity index (χ1) is 14.0. The van der Waals surface area contributed by atoms with Crippen LogP contribution in [0, 0.1) is 11.3 Å². The van der Waals surface area contributed by atoms with Crippen molar-refractivity contribution in [3.63, 3.8) is 0 Å². The van der Waals surface area contributed by atoms with Crippen LogP contribution in [0.25, 0.3) is 11.4 Å². The van der Waals surface area contributed by atoms with Crippen molar-refractivity contribution < 1.29 is 9.26 Å². The monoisotopic (exact) mass is 417 g/mol. The molecular weight excluding hydrogens is 390 g/mol. The van der Waals surface area contributed by atoms with Crippen LogP contribution < -0.4 is 10.6 Å². The van der Waals surface area contributed by atoms with E-state index in [1.807, 2.05) is 24.3 Å². The van der Waals surface area contributed by atoms with Gasteiger partial charge in [-0.15, -0.1) is 0 Å². The van der Waals surface area contributed by atoms with Crippen LogP contribution in [0.5, 0.6) is 0 Å². The summed E-state index contributed by atoms with van der Waals surface area (Å²) in [6.45, 7) is 8.83. The summed E-state index contributed by atoms with van der Waals surface area (Å²) in [7, 11) is 0. The molecule has 0 spiro atoms. The van der Waals surface area contributed by atoms with E-state index in [1.165, 1.54) is 0 Å². The van der Waals surface area contributed by atoms with E-state index in [1.54, 1.807) is 0 Å². The number of guanidine groups is 1. The van der Waals surface area contributed by atoms with Gasteiger partial charge in [0, 0.05) is 47.5 Å². The molecule has 0 bridgehead atoms. The predicted molar refractivity (Wildman–Crippen MR) is 113 cm³/mol. The summed E-state index contributed by atoms with van der Waals surface area (Å²) in [5.74, 6) is 2.53. The SMILES string of the molecule is CCNC(=NCCc1nc(-c2ccc(Cl)cc2)no1)NC1C2CCOC2C1(C)C. The second-order valence-corrected chi connectivity index (χ2v) is 8.65. The molecule has 29 heavy (non-hydrogen) atoms. The van der Waals surface area contributed by atoms with Gasteiger partial charge in [-0.25, -0.2) is 0 Å². The maximum atomic E-state index is 5.93. The molecule has 2 aliphatic rings. The van der Waals surface area contributed by atoms with E-state index in [2.05, 4.69) is 41.5 Å². The van der Waals surface area contributed by atoms with Gasteiger partial charge in [0.2, 0.25) is 11.7 Å². The van der Waals surface area contributed by atoms with Crippen LogP contribution in [-0.4, -0.2) is 47.9 Å². The van der Waals surface area contributed by atoms with E-state index in [0.717, 1.165) is 31.1 Å². The van der Waals surface area contributed by atoms with Gasteiger partial charge in [0.05, 0.1) is 12.6 Å². The molecule has 1 aromatic heterocycles. The molecule has 0 amide bonds. The van der Waals surface area contributed by atoms with E-state index < -0.39 is 0 Å². The molecule has 3 atom stereocenters. The third-order valence-electron chi connectivity index (χ3n) is 5.90. The van der Waals surface area contributed by atoms with Gasteiger partial charge >= 0.3 is 0 Å². The lowest BCUT2D eigenvalue weighted by Crippen LogP contribution is -2.68. The Labute approximate surface area is 176 Å². The molecule has 1 aromatic carbocycles. The normalized spacial score (nSPS) is 25.4. The fourth-order valence-electron chi connectivity index (χ4n) is 4.42. The lowest BCUT2D eigenvalue weighted by Gasteiger charge is -2.54. The summed E-state index contributed by atoms with van der Waals surface area (Å²) < 4.78 is 11.3. The predicted octanol–water partition coefficient (Wildman–Crippen LogP) is 3.30. The minimum absolute atomic E-state index is 0.108. The van der Waals surface area contributed by atoms with Crippen molar-refractivity contribution in [3.8, 4) is 11.4 Å². The lowest BCUT2D eigenvalue weighted by atomic mass is 9.57. The van der Waals surface area contributed by atoms with Crippen LogP contribution in [0.1, 0.15) is 33.1 Å². The number of benzene rings is 1. The molecule has 2 heterocycles. The highest BCUT2D eigenvalue weighted by molar-refractivity contribution is 6.30. The molecule has 1 saturated carbocycles. The average Bonchev–Trinajstić information content (AvgIpc) is 3.35. The summed E-state index contributed by atoms with van der Waals surface area (Å²) in [6.07, 6.45) is 2.05. The number of ether oxygens (including phenoxy) is 1. The fraction of sp³-hybridized carbons (Fsp3) is 0.571. The van der Waals surface area contributed by atoms with Crippen LogP contribution >= 0.6 is 11.6 Å². The molecule has 1 saturated heterocycles. The zero-order valence-electron chi connectivity index (χ0n) is 17.1. The fourth-order valence-corrected chi connectivity index (χ4v) is 4.55. The number of fused-ring (bicyclic) bond motifs is 1. The summed E-state index contributed by atoms with van der Waals surface area (Å²) >= 11 is 5.93. The highest BCUT2D eigenvalue weighted by atomic mass is 35.5. The molecule has 1 aliphatic carbocycles. The van der Waals surface area contributed by atoms with E-state index in [4.69, 9.17) is 25.9 Å². The zero-order chi connectivity index (χ0) is 20.4. The zero-order valence-corrected chi connectivity index (χ0v) is 17.9. The lowest BCUT2D eigenvalue weighted by molar-refractivity contribution is -0.106. The number of rotatable bonds is 6. The standard InChI is InChI=1S/C21H28ClN5O2/c1-4-23-20(26-17-15-10-12-28-18(15)21(17,2)3)24-11-9-16-25-19(27-29-16)13-5-7-14(22)8-6-13/h5-8,15,17-18H,4,9-12H2,1-3H3,(H2,23,24,26). The second kappa shape index (κ2) is 8.32. The maximum Gasteiger partial charge on any atom is 0.228 e. The molecule has 7 nitrogen and oxygen atoms in total. The number of nitrogens with zero attached hydrogens (tertiary/aromatic N) is 3. The molecule has 3 unspecified atom stereocenters. The van der Waals surface area contributed by atoms with Crippen LogP contribution in [0.15, 0.2) is 33.8 Å². The number of halogens is 1. The Balaban J connectivity index is 1.36. The van der Waals surface area contributed by atoms with Crippen molar-refractivity contribution in [2.24, 2.45) is 16.3 Å². The van der Waals surface area contributed by atoms with E-state index >= 15 is 0 Å². The Morgan fingerprint density at radius 3 is 2.86 bits per heavy atom. The highest BCUT2D eigenvalue weighted by Gasteiger charge is 2.59. The van der Waals surface area contributed by atoms with Crippen molar-refractivity contribution in [2.75, 3.05) is 19.7 Å². The van der Waals surface area contributed by atoms with Gasteiger partial charge in [0.25, 0.3) is 0 Å². The van der Waals surface area contributed by atoms with Gasteiger partial charge in [-0.1, -0.05) is 30.6 Å². The first-order valence-electron chi connectivity index (χ1n) is 10.2. The molecule has 1 aliphatic heterocycles. The molecular formula is C21H28ClN5O2. The first kappa shape index (κ1) is 20.2. The number of hydrogen-bond acceptors (Lipinski definition) is 5. The van der Waals surface area contributed by atoms with E-state index in [-0.39, 0.29) is 5.41 Å². The van der Waals surface area contributed by atoms with Crippen LogP contribution in [0.2, 0.25) is 5.02 Å². The minimum atomic E-state index is 0.108. The van der Waals surface area contributed by atoms with Gasteiger partial charge in [0.1, 0.15) is 0 Å². The van der Waals surface area contributed by atoms with Crippen LogP contribution in [-0.2, 0) is 11.2 Å². The Bertz CT molecular complexity index is 864. The van der Waals surface area contributed by atoms with Crippen molar-refractivity contribution in [3.05, 3.63) is 35.2 Å². The Morgan fingerprint density at radius 1 is 1.31 bits per heavy atom. The van der Waals surface area contributed by atoms with Crippen molar-refractivity contribution in [1.29, 1.82) is 0 Å². The number of nitrogens with one attached hydrogen (secondary N) is 2. The van der Waals surface area contributed by atoms with Gasteiger partial charge in [-0.05, 0) is 37.6 Å². The third kappa shape index (κ3) is 4.12. The van der Waals surface area contributed by atoms with Crippen LogP contribution in [0.4, 0.5) is 0 Å². The largest absolute Gasteiger partial charge is 0.377 e. The van der Waals surface area contributed by atoms with E-state index in [0.29, 0.717) is 47.8 Å². The molecule has 2 aromatic rings. The molecule has 2 N–H and O–H groups in total. The first-order valence-corrected chi connectivity index (χ1v) is 10.6.